The van der Waals surface area contributed by atoms with E-state index in [1.165, 1.54) is 25.3 Å². The molecule has 2 rings (SSSR count). The Labute approximate surface area is 115 Å². The Morgan fingerprint density at radius 2 is 1.95 bits per heavy atom. The fourth-order valence-corrected chi connectivity index (χ4v) is 1.59. The van der Waals surface area contributed by atoms with Gasteiger partial charge in [0.1, 0.15) is 11.4 Å². The number of phenols is 1. The average Bonchev–Trinajstić information content (AvgIpc) is 2.46. The van der Waals surface area contributed by atoms with Crippen molar-refractivity contribution in [2.75, 3.05) is 7.11 Å². The van der Waals surface area contributed by atoms with E-state index >= 15 is 0 Å². The van der Waals surface area contributed by atoms with E-state index in [-0.39, 0.29) is 11.4 Å². The minimum absolute atomic E-state index is 0.0505. The van der Waals surface area contributed by atoms with Crippen LogP contribution < -0.4 is 4.74 Å². The van der Waals surface area contributed by atoms with E-state index in [1.54, 1.807) is 30.5 Å². The Balaban J connectivity index is 2.28. The standard InChI is InChI=1S/C14H12N2O4/c1-20-14-8-11(16(18)19)4-7-13(14)15-9-10-2-5-12(17)6-3-10/h2-9,17H,1H3/b15-9+. The van der Waals surface area contributed by atoms with Gasteiger partial charge in [-0.2, -0.15) is 0 Å². The van der Waals surface area contributed by atoms with E-state index in [0.29, 0.717) is 11.4 Å². The highest BCUT2D eigenvalue weighted by molar-refractivity contribution is 5.83. The largest absolute Gasteiger partial charge is 0.508 e. The van der Waals surface area contributed by atoms with Gasteiger partial charge in [0.05, 0.1) is 18.1 Å². The molecule has 0 saturated heterocycles. The van der Waals surface area contributed by atoms with Gasteiger partial charge in [-0.05, 0) is 35.9 Å². The van der Waals surface area contributed by atoms with Crippen LogP contribution in [-0.4, -0.2) is 23.4 Å². The van der Waals surface area contributed by atoms with Gasteiger partial charge in [-0.3, -0.25) is 15.1 Å². The first-order chi connectivity index (χ1) is 9.60. The van der Waals surface area contributed by atoms with Gasteiger partial charge in [0.25, 0.3) is 5.69 Å². The highest BCUT2D eigenvalue weighted by Gasteiger charge is 2.10. The van der Waals surface area contributed by atoms with Gasteiger partial charge in [-0.25, -0.2) is 0 Å². The van der Waals surface area contributed by atoms with Gasteiger partial charge < -0.3 is 9.84 Å². The first kappa shape index (κ1) is 13.5. The smallest absolute Gasteiger partial charge is 0.273 e. The summed E-state index contributed by atoms with van der Waals surface area (Å²) in [6, 6.07) is 10.7. The van der Waals surface area contributed by atoms with Crippen molar-refractivity contribution in [3.8, 4) is 11.5 Å². The molecule has 0 aliphatic rings. The number of rotatable bonds is 4. The zero-order chi connectivity index (χ0) is 14.5. The normalized spacial score (nSPS) is 10.7. The Morgan fingerprint density at radius 1 is 1.25 bits per heavy atom. The molecule has 102 valence electrons. The molecule has 6 heteroatoms. The Kier molecular flexibility index (Phi) is 3.95. The van der Waals surface area contributed by atoms with Crippen LogP contribution >= 0.6 is 0 Å². The predicted octanol–water partition coefficient (Wildman–Crippen LogP) is 3.06. The first-order valence-electron chi connectivity index (χ1n) is 5.75. The third-order valence-electron chi connectivity index (χ3n) is 2.62. The van der Waals surface area contributed by atoms with Crippen LogP contribution in [0.5, 0.6) is 11.5 Å². The molecule has 0 heterocycles. The molecule has 0 fully saturated rings. The number of nitrogens with zero attached hydrogens (tertiary/aromatic N) is 2. The summed E-state index contributed by atoms with van der Waals surface area (Å²) in [5, 5.41) is 19.9. The number of aromatic hydroxyl groups is 1. The third-order valence-corrected chi connectivity index (χ3v) is 2.62. The molecule has 0 aliphatic heterocycles. The lowest BCUT2D eigenvalue weighted by atomic mass is 10.2. The molecule has 0 radical (unpaired) electrons. The van der Waals surface area contributed by atoms with E-state index in [0.717, 1.165) is 5.56 Å². The maximum absolute atomic E-state index is 10.7. The summed E-state index contributed by atoms with van der Waals surface area (Å²) in [6.07, 6.45) is 1.59. The van der Waals surface area contributed by atoms with Gasteiger partial charge in [-0.15, -0.1) is 0 Å². The number of hydrogen-bond acceptors (Lipinski definition) is 5. The van der Waals surface area contributed by atoms with Crippen LogP contribution in [0.15, 0.2) is 47.5 Å². The van der Waals surface area contributed by atoms with Crippen molar-refractivity contribution >= 4 is 17.6 Å². The van der Waals surface area contributed by atoms with E-state index < -0.39 is 4.92 Å². The number of nitro benzene ring substituents is 1. The van der Waals surface area contributed by atoms with Crippen LogP contribution in [0.1, 0.15) is 5.56 Å². The lowest BCUT2D eigenvalue weighted by Gasteiger charge is -2.03. The van der Waals surface area contributed by atoms with Crippen molar-refractivity contribution in [3.05, 3.63) is 58.1 Å². The molecule has 2 aromatic carbocycles. The second kappa shape index (κ2) is 5.83. The van der Waals surface area contributed by atoms with Crippen LogP contribution in [0, 0.1) is 10.1 Å². The Hall–Kier alpha value is -2.89. The minimum atomic E-state index is -0.490. The van der Waals surface area contributed by atoms with Crippen LogP contribution in [0.3, 0.4) is 0 Å². The topological polar surface area (TPSA) is 85.0 Å². The number of benzene rings is 2. The van der Waals surface area contributed by atoms with E-state index in [2.05, 4.69) is 4.99 Å². The summed E-state index contributed by atoms with van der Waals surface area (Å²) in [4.78, 5) is 14.4. The average molecular weight is 272 g/mol. The lowest BCUT2D eigenvalue weighted by Crippen LogP contribution is -1.90. The quantitative estimate of drug-likeness (QED) is 0.526. The maximum atomic E-state index is 10.7. The van der Waals surface area contributed by atoms with Crippen molar-refractivity contribution in [2.45, 2.75) is 0 Å². The highest BCUT2D eigenvalue weighted by atomic mass is 16.6. The van der Waals surface area contributed by atoms with Gasteiger partial charge in [0, 0.05) is 12.3 Å². The molecule has 6 nitrogen and oxygen atoms in total. The predicted molar refractivity (Wildman–Crippen MR) is 75.0 cm³/mol. The fraction of sp³-hybridized carbons (Fsp3) is 0.0714. The molecule has 0 spiro atoms. The molecule has 0 atom stereocenters. The molecule has 0 bridgehead atoms. The molecule has 0 amide bonds. The molecule has 0 saturated carbocycles. The van der Waals surface area contributed by atoms with Crippen molar-refractivity contribution in [1.29, 1.82) is 0 Å². The highest BCUT2D eigenvalue weighted by Crippen LogP contribution is 2.31. The van der Waals surface area contributed by atoms with E-state index in [4.69, 9.17) is 4.74 Å². The summed E-state index contributed by atoms with van der Waals surface area (Å²) in [7, 11) is 1.43. The molecular weight excluding hydrogens is 260 g/mol. The van der Waals surface area contributed by atoms with Crippen molar-refractivity contribution < 1.29 is 14.8 Å². The monoisotopic (exact) mass is 272 g/mol. The van der Waals surface area contributed by atoms with Crippen LogP contribution in [0.25, 0.3) is 0 Å². The van der Waals surface area contributed by atoms with Crippen molar-refractivity contribution in [3.63, 3.8) is 0 Å². The second-order valence-electron chi connectivity index (χ2n) is 3.96. The number of methoxy groups -OCH3 is 1. The number of non-ortho nitro benzene ring substituents is 1. The maximum Gasteiger partial charge on any atom is 0.273 e. The Morgan fingerprint density at radius 3 is 2.55 bits per heavy atom. The molecule has 0 unspecified atom stereocenters. The molecule has 0 aromatic heterocycles. The van der Waals surface area contributed by atoms with Gasteiger partial charge >= 0.3 is 0 Å². The number of phenolic OH excluding ortho intramolecular Hbond substituents is 1. The third kappa shape index (κ3) is 3.11. The Bertz CT molecular complexity index is 651. The number of nitro groups is 1. The molecule has 20 heavy (non-hydrogen) atoms. The summed E-state index contributed by atoms with van der Waals surface area (Å²) in [5.74, 6) is 0.504. The zero-order valence-electron chi connectivity index (χ0n) is 10.7. The van der Waals surface area contributed by atoms with Crippen LogP contribution in [0.2, 0.25) is 0 Å². The number of aliphatic imine (C=N–C) groups is 1. The van der Waals surface area contributed by atoms with Gasteiger partial charge in [-0.1, -0.05) is 0 Å². The molecule has 2 aromatic rings. The zero-order valence-corrected chi connectivity index (χ0v) is 10.7. The number of hydrogen-bond donors (Lipinski definition) is 1. The lowest BCUT2D eigenvalue weighted by molar-refractivity contribution is -0.384. The number of ether oxygens (including phenoxy) is 1. The summed E-state index contributed by atoms with van der Waals surface area (Å²) >= 11 is 0. The summed E-state index contributed by atoms with van der Waals surface area (Å²) in [5.41, 5.74) is 1.24. The van der Waals surface area contributed by atoms with Gasteiger partial charge in [0.15, 0.2) is 5.75 Å². The van der Waals surface area contributed by atoms with Crippen LogP contribution in [-0.2, 0) is 0 Å². The van der Waals surface area contributed by atoms with Crippen molar-refractivity contribution in [1.82, 2.24) is 0 Å². The van der Waals surface area contributed by atoms with E-state index in [1.807, 2.05) is 0 Å². The second-order valence-corrected chi connectivity index (χ2v) is 3.96. The molecule has 0 aliphatic carbocycles. The summed E-state index contributed by atoms with van der Waals surface area (Å²) in [6.45, 7) is 0. The SMILES string of the molecule is COc1cc([N+](=O)[O-])ccc1/N=C/c1ccc(O)cc1. The molecular formula is C14H12N2O4. The van der Waals surface area contributed by atoms with Crippen molar-refractivity contribution in [2.24, 2.45) is 4.99 Å². The van der Waals surface area contributed by atoms with E-state index in [9.17, 15) is 15.2 Å². The molecule has 1 N–H and O–H groups in total. The summed E-state index contributed by atoms with van der Waals surface area (Å²) < 4.78 is 5.09. The van der Waals surface area contributed by atoms with Crippen LogP contribution in [0.4, 0.5) is 11.4 Å². The van der Waals surface area contributed by atoms with Gasteiger partial charge in [0.2, 0.25) is 0 Å². The first-order valence-corrected chi connectivity index (χ1v) is 5.75. The minimum Gasteiger partial charge on any atom is -0.508 e. The fourth-order valence-electron chi connectivity index (χ4n) is 1.59.